The van der Waals surface area contributed by atoms with Gasteiger partial charge in [-0.1, -0.05) is 68.4 Å². The molecule has 0 saturated carbocycles. The molecule has 0 bridgehead atoms. The van der Waals surface area contributed by atoms with Gasteiger partial charge in [0.15, 0.2) is 0 Å². The van der Waals surface area contributed by atoms with Crippen LogP contribution in [-0.2, 0) is 5.41 Å². The molecule has 0 amide bonds. The van der Waals surface area contributed by atoms with Crippen LogP contribution in [0.1, 0.15) is 30.8 Å². The molecule has 40 heavy (non-hydrogen) atoms. The molecule has 192 valence electrons. The summed E-state index contributed by atoms with van der Waals surface area (Å²) < 4.78 is 3.42. The van der Waals surface area contributed by atoms with Gasteiger partial charge in [0, 0.05) is 55.3 Å². The second-order valence-corrected chi connectivity index (χ2v) is 12.0. The molecule has 0 aliphatic carbocycles. The first-order valence-electron chi connectivity index (χ1n) is 13.5. The highest BCUT2D eigenvalue weighted by atomic mass is 32.1. The van der Waals surface area contributed by atoms with E-state index in [2.05, 4.69) is 109 Å². The second kappa shape index (κ2) is 8.44. The first kappa shape index (κ1) is 23.3. The number of thiophene rings is 1. The first-order chi connectivity index (χ1) is 19.5. The smallest absolute Gasteiger partial charge is 0.145 e. The lowest BCUT2D eigenvalue weighted by molar-refractivity contribution is 0.618. The van der Waals surface area contributed by atoms with Gasteiger partial charge in [-0.2, -0.15) is 0 Å². The van der Waals surface area contributed by atoms with E-state index in [9.17, 15) is 0 Å². The molecule has 5 aromatic heterocycles. The summed E-state index contributed by atoms with van der Waals surface area (Å²) in [5.74, 6) is 0. The minimum atomic E-state index is -0.313. The Morgan fingerprint density at radius 2 is 1.55 bits per heavy atom. The standard InChI is InChI=1S/C35H26N4S/c1-21-14-16-26-25-9-6-10-27(32(25)40-34(26)37-21)29-11-7-13-31(38-29)35(2,3)22-15-17-23-24-8-4-5-12-30(24)39-19-18-36-33(39)28(23)20-22/h4-20H,1-3H3. The van der Waals surface area contributed by atoms with E-state index in [0.29, 0.717) is 0 Å². The van der Waals surface area contributed by atoms with Crippen molar-refractivity contribution in [1.29, 1.82) is 0 Å². The van der Waals surface area contributed by atoms with Crippen molar-refractivity contribution in [3.63, 3.8) is 0 Å². The molecule has 8 aromatic rings. The van der Waals surface area contributed by atoms with Gasteiger partial charge in [-0.05, 0) is 54.3 Å². The Morgan fingerprint density at radius 1 is 0.725 bits per heavy atom. The molecule has 0 atom stereocenters. The predicted octanol–water partition coefficient (Wildman–Crippen LogP) is 9.10. The lowest BCUT2D eigenvalue weighted by Gasteiger charge is -2.26. The minimum absolute atomic E-state index is 0.313. The fraction of sp³-hybridized carbons (Fsp3) is 0.114. The van der Waals surface area contributed by atoms with Crippen LogP contribution in [0.4, 0.5) is 0 Å². The quantitative estimate of drug-likeness (QED) is 0.212. The van der Waals surface area contributed by atoms with E-state index in [1.807, 2.05) is 19.3 Å². The molecule has 5 heterocycles. The molecule has 0 saturated heterocycles. The number of hydrogen-bond acceptors (Lipinski definition) is 4. The first-order valence-corrected chi connectivity index (χ1v) is 14.4. The SMILES string of the molecule is Cc1ccc2c(n1)sc1c(-c3cccc(C(C)(C)c4ccc5c6ccccc6n6ccnc6c5c4)n3)cccc12. The molecule has 0 aliphatic heterocycles. The Hall–Kier alpha value is -4.61. The van der Waals surface area contributed by atoms with E-state index in [-0.39, 0.29) is 5.41 Å². The number of fused-ring (bicyclic) bond motifs is 9. The monoisotopic (exact) mass is 534 g/mol. The fourth-order valence-corrected chi connectivity index (χ4v) is 7.26. The van der Waals surface area contributed by atoms with Crippen LogP contribution in [-0.4, -0.2) is 19.4 Å². The van der Waals surface area contributed by atoms with Crippen molar-refractivity contribution in [1.82, 2.24) is 19.4 Å². The zero-order valence-corrected chi connectivity index (χ0v) is 23.3. The van der Waals surface area contributed by atoms with Crippen LogP contribution in [0.25, 0.3) is 58.9 Å². The topological polar surface area (TPSA) is 43.1 Å². The summed E-state index contributed by atoms with van der Waals surface area (Å²) in [6.07, 6.45) is 3.93. The third kappa shape index (κ3) is 3.34. The van der Waals surface area contributed by atoms with E-state index in [1.54, 1.807) is 11.3 Å². The summed E-state index contributed by atoms with van der Waals surface area (Å²) in [5, 5.41) is 6.05. The van der Waals surface area contributed by atoms with Crippen molar-refractivity contribution < 1.29 is 0 Å². The third-order valence-corrected chi connectivity index (χ3v) is 9.39. The Kier molecular flexibility index (Phi) is 4.92. The van der Waals surface area contributed by atoms with E-state index < -0.39 is 0 Å². The maximum Gasteiger partial charge on any atom is 0.145 e. The molecular weight excluding hydrogens is 508 g/mol. The Morgan fingerprint density at radius 3 is 2.48 bits per heavy atom. The van der Waals surface area contributed by atoms with Crippen LogP contribution < -0.4 is 0 Å². The molecular formula is C35H26N4S. The summed E-state index contributed by atoms with van der Waals surface area (Å²) in [5.41, 5.74) is 7.27. The lowest BCUT2D eigenvalue weighted by atomic mass is 9.80. The number of pyridine rings is 3. The highest BCUT2D eigenvalue weighted by Crippen LogP contribution is 2.40. The van der Waals surface area contributed by atoms with Crippen molar-refractivity contribution in [3.05, 3.63) is 120 Å². The minimum Gasteiger partial charge on any atom is -0.299 e. The number of aryl methyl sites for hydroxylation is 1. The predicted molar refractivity (Wildman–Crippen MR) is 167 cm³/mol. The van der Waals surface area contributed by atoms with Crippen molar-refractivity contribution in [3.8, 4) is 11.3 Å². The number of benzene rings is 3. The number of hydrogen-bond donors (Lipinski definition) is 0. The fourth-order valence-electron chi connectivity index (χ4n) is 6.02. The van der Waals surface area contributed by atoms with E-state index in [4.69, 9.17) is 15.0 Å². The van der Waals surface area contributed by atoms with Gasteiger partial charge < -0.3 is 0 Å². The number of aromatic nitrogens is 4. The molecule has 0 unspecified atom stereocenters. The van der Waals surface area contributed by atoms with Crippen molar-refractivity contribution in [2.45, 2.75) is 26.2 Å². The number of nitrogens with zero attached hydrogens (tertiary/aromatic N) is 4. The van der Waals surface area contributed by atoms with Crippen LogP contribution in [0.5, 0.6) is 0 Å². The molecule has 0 radical (unpaired) electrons. The number of imidazole rings is 1. The van der Waals surface area contributed by atoms with Gasteiger partial charge in [-0.15, -0.1) is 11.3 Å². The number of rotatable bonds is 3. The van der Waals surface area contributed by atoms with Crippen molar-refractivity contribution >= 4 is 59.0 Å². The normalized spacial score (nSPS) is 12.4. The average molecular weight is 535 g/mol. The highest BCUT2D eigenvalue weighted by Gasteiger charge is 2.26. The molecule has 0 spiro atoms. The van der Waals surface area contributed by atoms with Crippen LogP contribution >= 0.6 is 11.3 Å². The van der Waals surface area contributed by atoms with E-state index >= 15 is 0 Å². The summed E-state index contributed by atoms with van der Waals surface area (Å²) in [6.45, 7) is 6.57. The van der Waals surface area contributed by atoms with Crippen LogP contribution in [0.3, 0.4) is 0 Å². The average Bonchev–Trinajstić information content (AvgIpc) is 3.62. The van der Waals surface area contributed by atoms with Gasteiger partial charge in [0.2, 0.25) is 0 Å². The maximum absolute atomic E-state index is 5.28. The number of para-hydroxylation sites is 1. The van der Waals surface area contributed by atoms with Gasteiger partial charge in [-0.3, -0.25) is 9.38 Å². The zero-order chi connectivity index (χ0) is 27.0. The zero-order valence-electron chi connectivity index (χ0n) is 22.5. The van der Waals surface area contributed by atoms with Gasteiger partial charge in [0.1, 0.15) is 10.5 Å². The highest BCUT2D eigenvalue weighted by molar-refractivity contribution is 7.26. The Labute approximate surface area is 235 Å². The second-order valence-electron chi connectivity index (χ2n) is 11.0. The van der Waals surface area contributed by atoms with Crippen LogP contribution in [0.15, 0.2) is 103 Å². The van der Waals surface area contributed by atoms with Gasteiger partial charge in [0.05, 0.1) is 16.9 Å². The van der Waals surface area contributed by atoms with Gasteiger partial charge in [0.25, 0.3) is 0 Å². The molecule has 0 aliphatic rings. The molecule has 0 N–H and O–H groups in total. The largest absolute Gasteiger partial charge is 0.299 e. The summed E-state index contributed by atoms with van der Waals surface area (Å²) in [4.78, 5) is 15.9. The van der Waals surface area contributed by atoms with Gasteiger partial charge >= 0.3 is 0 Å². The molecule has 0 fully saturated rings. The van der Waals surface area contributed by atoms with Crippen LogP contribution in [0.2, 0.25) is 0 Å². The molecule has 4 nitrogen and oxygen atoms in total. The van der Waals surface area contributed by atoms with Crippen molar-refractivity contribution in [2.75, 3.05) is 0 Å². The third-order valence-electron chi connectivity index (χ3n) is 8.25. The molecule has 5 heteroatoms. The van der Waals surface area contributed by atoms with Gasteiger partial charge in [-0.25, -0.2) is 9.97 Å². The Balaban J connectivity index is 1.29. The summed E-state index contributed by atoms with van der Waals surface area (Å²) in [7, 11) is 0. The maximum atomic E-state index is 5.28. The van der Waals surface area contributed by atoms with E-state index in [0.717, 1.165) is 38.5 Å². The Bertz CT molecular complexity index is 2270. The van der Waals surface area contributed by atoms with E-state index in [1.165, 1.54) is 37.3 Å². The summed E-state index contributed by atoms with van der Waals surface area (Å²) in [6, 6.07) is 32.5. The van der Waals surface area contributed by atoms with Crippen molar-refractivity contribution in [2.24, 2.45) is 0 Å². The summed E-state index contributed by atoms with van der Waals surface area (Å²) >= 11 is 1.75. The lowest BCUT2D eigenvalue weighted by Crippen LogP contribution is -2.20. The van der Waals surface area contributed by atoms with Crippen LogP contribution in [0, 0.1) is 6.92 Å². The molecule has 8 rings (SSSR count). The molecule has 3 aromatic carbocycles.